The SMILES string of the molecule is COc1cccc2c([O-])c([N+]#N)ccc12. The first-order valence-electron chi connectivity index (χ1n) is 4.39. The van der Waals surface area contributed by atoms with Crippen molar-refractivity contribution >= 4 is 16.5 Å². The summed E-state index contributed by atoms with van der Waals surface area (Å²) in [5, 5.41) is 21.5. The Kier molecular flexibility index (Phi) is 2.14. The number of ether oxygens (including phenoxy) is 1. The smallest absolute Gasteiger partial charge is 0.378 e. The van der Waals surface area contributed by atoms with E-state index in [1.165, 1.54) is 6.07 Å². The molecule has 0 aliphatic carbocycles. The fourth-order valence-electron chi connectivity index (χ4n) is 1.55. The molecule has 0 unspecified atom stereocenters. The van der Waals surface area contributed by atoms with Gasteiger partial charge < -0.3 is 9.84 Å². The van der Waals surface area contributed by atoms with Gasteiger partial charge in [0.25, 0.3) is 0 Å². The quantitative estimate of drug-likeness (QED) is 0.664. The average Bonchev–Trinajstić information content (AvgIpc) is 2.29. The molecule has 0 aliphatic rings. The van der Waals surface area contributed by atoms with E-state index in [2.05, 4.69) is 4.98 Å². The molecule has 2 aromatic carbocycles. The zero-order valence-electron chi connectivity index (χ0n) is 8.10. The molecule has 0 spiro atoms. The monoisotopic (exact) mass is 200 g/mol. The van der Waals surface area contributed by atoms with Gasteiger partial charge in [0.15, 0.2) is 4.98 Å². The van der Waals surface area contributed by atoms with Gasteiger partial charge in [0.05, 0.1) is 7.11 Å². The maximum absolute atomic E-state index is 11.7. The molecular formula is C11H8N2O2. The number of nitrogens with zero attached hydrogens (tertiary/aromatic N) is 2. The fourth-order valence-corrected chi connectivity index (χ4v) is 1.55. The molecule has 15 heavy (non-hydrogen) atoms. The van der Waals surface area contributed by atoms with Gasteiger partial charge in [-0.15, -0.1) is 0 Å². The highest BCUT2D eigenvalue weighted by molar-refractivity contribution is 5.96. The second-order valence-corrected chi connectivity index (χ2v) is 3.07. The summed E-state index contributed by atoms with van der Waals surface area (Å²) in [5.74, 6) is 0.336. The van der Waals surface area contributed by atoms with Gasteiger partial charge in [-0.1, -0.05) is 12.1 Å². The first kappa shape index (κ1) is 9.28. The van der Waals surface area contributed by atoms with Gasteiger partial charge in [-0.2, -0.15) is 0 Å². The van der Waals surface area contributed by atoms with Crippen molar-refractivity contribution in [1.82, 2.24) is 0 Å². The van der Waals surface area contributed by atoms with E-state index in [1.54, 1.807) is 31.4 Å². The van der Waals surface area contributed by atoms with E-state index in [0.717, 1.165) is 5.39 Å². The summed E-state index contributed by atoms with van der Waals surface area (Å²) in [6, 6.07) is 8.34. The van der Waals surface area contributed by atoms with Crippen LogP contribution in [-0.4, -0.2) is 7.11 Å². The van der Waals surface area contributed by atoms with Gasteiger partial charge in [0, 0.05) is 11.5 Å². The van der Waals surface area contributed by atoms with Crippen LogP contribution in [0.3, 0.4) is 0 Å². The maximum Gasteiger partial charge on any atom is 0.378 e. The highest BCUT2D eigenvalue weighted by atomic mass is 16.5. The summed E-state index contributed by atoms with van der Waals surface area (Å²) in [4.78, 5) is 2.92. The Morgan fingerprint density at radius 2 is 2.00 bits per heavy atom. The number of methoxy groups -OCH3 is 1. The summed E-state index contributed by atoms with van der Waals surface area (Å²) in [6.07, 6.45) is 0. The fraction of sp³-hybridized carbons (Fsp3) is 0.0909. The van der Waals surface area contributed by atoms with Gasteiger partial charge in [-0.25, -0.2) is 0 Å². The van der Waals surface area contributed by atoms with Crippen molar-refractivity contribution < 1.29 is 9.84 Å². The van der Waals surface area contributed by atoms with Crippen molar-refractivity contribution in [3.05, 3.63) is 35.3 Å². The summed E-state index contributed by atoms with van der Waals surface area (Å²) >= 11 is 0. The van der Waals surface area contributed by atoms with Crippen LogP contribution in [0.25, 0.3) is 15.7 Å². The van der Waals surface area contributed by atoms with Gasteiger partial charge in [-0.05, 0) is 23.3 Å². The van der Waals surface area contributed by atoms with E-state index < -0.39 is 0 Å². The Bertz CT molecular complexity index is 558. The molecule has 0 aliphatic heterocycles. The van der Waals surface area contributed by atoms with Gasteiger partial charge >= 0.3 is 5.69 Å². The van der Waals surface area contributed by atoms with Gasteiger partial charge in [0.1, 0.15) is 5.75 Å². The van der Waals surface area contributed by atoms with Crippen LogP contribution in [0.2, 0.25) is 0 Å². The summed E-state index contributed by atoms with van der Waals surface area (Å²) in [7, 11) is 1.55. The highest BCUT2D eigenvalue weighted by Crippen LogP contribution is 2.36. The molecule has 2 aromatic rings. The molecule has 0 saturated heterocycles. The van der Waals surface area contributed by atoms with Crippen LogP contribution in [0.15, 0.2) is 30.3 Å². The minimum Gasteiger partial charge on any atom is -0.867 e. The molecular weight excluding hydrogens is 192 g/mol. The minimum atomic E-state index is -0.297. The Hall–Kier alpha value is -2.28. The second kappa shape index (κ2) is 3.46. The molecule has 0 atom stereocenters. The molecule has 0 fully saturated rings. The third kappa shape index (κ3) is 1.34. The molecule has 0 aromatic heterocycles. The van der Waals surface area contributed by atoms with Crippen molar-refractivity contribution in [2.45, 2.75) is 0 Å². The van der Waals surface area contributed by atoms with Crippen LogP contribution in [0.5, 0.6) is 11.5 Å². The third-order valence-electron chi connectivity index (χ3n) is 2.28. The lowest BCUT2D eigenvalue weighted by Gasteiger charge is -2.09. The van der Waals surface area contributed by atoms with Crippen molar-refractivity contribution in [2.75, 3.05) is 7.11 Å². The predicted molar refractivity (Wildman–Crippen MR) is 54.7 cm³/mol. The predicted octanol–water partition coefficient (Wildman–Crippen LogP) is 2.41. The molecule has 0 N–H and O–H groups in total. The number of benzene rings is 2. The van der Waals surface area contributed by atoms with Gasteiger partial charge in [-0.3, -0.25) is 0 Å². The van der Waals surface area contributed by atoms with Crippen LogP contribution in [0.1, 0.15) is 0 Å². The number of diazo groups is 1. The summed E-state index contributed by atoms with van der Waals surface area (Å²) < 4.78 is 5.12. The van der Waals surface area contributed by atoms with E-state index in [1.807, 2.05) is 0 Å². The first-order valence-corrected chi connectivity index (χ1v) is 4.39. The molecule has 4 heteroatoms. The molecule has 0 radical (unpaired) electrons. The second-order valence-electron chi connectivity index (χ2n) is 3.07. The van der Waals surface area contributed by atoms with Crippen LogP contribution in [0, 0.1) is 5.39 Å². The molecule has 0 bridgehead atoms. The van der Waals surface area contributed by atoms with Gasteiger partial charge in [0.2, 0.25) is 5.39 Å². The van der Waals surface area contributed by atoms with Crippen LogP contribution in [0.4, 0.5) is 5.69 Å². The van der Waals surface area contributed by atoms with Crippen LogP contribution >= 0.6 is 0 Å². The Morgan fingerprint density at radius 1 is 1.20 bits per heavy atom. The number of rotatable bonds is 1. The van der Waals surface area contributed by atoms with E-state index in [0.29, 0.717) is 11.1 Å². The van der Waals surface area contributed by atoms with Crippen molar-refractivity contribution in [3.8, 4) is 11.5 Å². The molecule has 0 heterocycles. The lowest BCUT2D eigenvalue weighted by molar-refractivity contribution is -0.264. The highest BCUT2D eigenvalue weighted by Gasteiger charge is 2.10. The van der Waals surface area contributed by atoms with Crippen LogP contribution in [-0.2, 0) is 0 Å². The summed E-state index contributed by atoms with van der Waals surface area (Å²) in [6.45, 7) is 0. The number of hydrogen-bond acceptors (Lipinski definition) is 3. The minimum absolute atomic E-state index is 0.0377. The Balaban J connectivity index is 2.85. The summed E-state index contributed by atoms with van der Waals surface area (Å²) in [5.41, 5.74) is 0.0377. The lowest BCUT2D eigenvalue weighted by atomic mass is 10.1. The zero-order chi connectivity index (χ0) is 10.8. The topological polar surface area (TPSA) is 60.4 Å². The third-order valence-corrected chi connectivity index (χ3v) is 2.28. The van der Waals surface area contributed by atoms with E-state index in [9.17, 15) is 5.11 Å². The normalized spacial score (nSPS) is 9.87. The first-order chi connectivity index (χ1) is 7.27. The van der Waals surface area contributed by atoms with E-state index in [-0.39, 0.29) is 11.4 Å². The number of hydrogen-bond donors (Lipinski definition) is 0. The van der Waals surface area contributed by atoms with Crippen LogP contribution < -0.4 is 9.84 Å². The number of fused-ring (bicyclic) bond motifs is 1. The molecule has 2 rings (SSSR count). The maximum atomic E-state index is 11.7. The largest absolute Gasteiger partial charge is 0.867 e. The van der Waals surface area contributed by atoms with E-state index in [4.69, 9.17) is 10.1 Å². The lowest BCUT2D eigenvalue weighted by Crippen LogP contribution is -1.92. The zero-order valence-corrected chi connectivity index (χ0v) is 8.10. The van der Waals surface area contributed by atoms with E-state index >= 15 is 0 Å². The standard InChI is InChI=1S/C11H8N2O2/c1-15-10-4-2-3-8-7(10)5-6-9(13-12)11(8)14/h2-6H,1H3. The average molecular weight is 200 g/mol. The van der Waals surface area contributed by atoms with Crippen molar-refractivity contribution in [2.24, 2.45) is 0 Å². The Morgan fingerprint density at radius 3 is 2.67 bits per heavy atom. The van der Waals surface area contributed by atoms with Crippen molar-refractivity contribution in [3.63, 3.8) is 0 Å². The Labute approximate surface area is 86.3 Å². The molecule has 74 valence electrons. The molecule has 0 amide bonds. The molecule has 4 nitrogen and oxygen atoms in total. The molecule has 0 saturated carbocycles. The van der Waals surface area contributed by atoms with Crippen molar-refractivity contribution in [1.29, 1.82) is 5.39 Å².